The molecule has 2 aliphatic carbocycles. The van der Waals surface area contributed by atoms with Gasteiger partial charge in [-0.2, -0.15) is 0 Å². The van der Waals surface area contributed by atoms with Gasteiger partial charge in [0.05, 0.1) is 0 Å². The molecule has 0 aromatic heterocycles. The van der Waals surface area contributed by atoms with E-state index in [1.807, 2.05) is 0 Å². The van der Waals surface area contributed by atoms with Crippen LogP contribution in [0.3, 0.4) is 0 Å². The fourth-order valence-electron chi connectivity index (χ4n) is 2.12. The highest BCUT2D eigenvalue weighted by molar-refractivity contribution is 6.19. The number of allylic oxidation sites excluding steroid dienone is 8. The van der Waals surface area contributed by atoms with Crippen LogP contribution in [0.15, 0.2) is 47.1 Å². The van der Waals surface area contributed by atoms with Crippen molar-refractivity contribution in [2.24, 2.45) is 0 Å². The summed E-state index contributed by atoms with van der Waals surface area (Å²) in [7, 11) is 0. The van der Waals surface area contributed by atoms with Crippen LogP contribution in [0, 0.1) is 0 Å². The second kappa shape index (κ2) is 5.74. The van der Waals surface area contributed by atoms with Gasteiger partial charge in [0.1, 0.15) is 0 Å². The van der Waals surface area contributed by atoms with E-state index >= 15 is 0 Å². The van der Waals surface area contributed by atoms with Crippen LogP contribution in [0.5, 0.6) is 0 Å². The van der Waals surface area contributed by atoms with Crippen LogP contribution in [-0.4, -0.2) is 23.1 Å². The third-order valence-electron chi connectivity index (χ3n) is 3.28. The molecule has 0 amide bonds. The molecule has 2 aliphatic rings. The van der Waals surface area contributed by atoms with Gasteiger partial charge in [-0.05, 0) is 56.6 Å². The molecule has 0 unspecified atom stereocenters. The molecule has 0 spiro atoms. The van der Waals surface area contributed by atoms with Crippen LogP contribution in [0.25, 0.3) is 0 Å². The largest absolute Gasteiger partial charge is 0.290 e. The molecule has 0 aromatic carbocycles. The lowest BCUT2D eigenvalue weighted by atomic mass is 9.92. The van der Waals surface area contributed by atoms with Gasteiger partial charge in [-0.1, -0.05) is 0 Å². The zero-order chi connectivity index (χ0) is 14.7. The average Bonchev–Trinajstić information content (AvgIpc) is 2.39. The molecule has 20 heavy (non-hydrogen) atoms. The van der Waals surface area contributed by atoms with E-state index in [9.17, 15) is 19.2 Å². The Labute approximate surface area is 116 Å². The average molecular weight is 270 g/mol. The van der Waals surface area contributed by atoms with Crippen LogP contribution in [0.4, 0.5) is 0 Å². The fraction of sp³-hybridized carbons (Fsp3) is 0.250. The highest BCUT2D eigenvalue weighted by Crippen LogP contribution is 2.20. The van der Waals surface area contributed by atoms with Crippen molar-refractivity contribution in [3.63, 3.8) is 0 Å². The Bertz CT molecular complexity index is 627. The third kappa shape index (κ3) is 3.15. The van der Waals surface area contributed by atoms with Crippen molar-refractivity contribution >= 4 is 23.1 Å². The minimum atomic E-state index is -0.193. The molecular formula is C16H14O4. The van der Waals surface area contributed by atoms with Gasteiger partial charge < -0.3 is 0 Å². The van der Waals surface area contributed by atoms with E-state index in [-0.39, 0.29) is 23.1 Å². The van der Waals surface area contributed by atoms with Crippen molar-refractivity contribution in [2.75, 3.05) is 0 Å². The van der Waals surface area contributed by atoms with E-state index < -0.39 is 0 Å². The van der Waals surface area contributed by atoms with Crippen LogP contribution in [0.2, 0.25) is 0 Å². The molecule has 4 nitrogen and oxygen atoms in total. The van der Waals surface area contributed by atoms with Gasteiger partial charge in [0.25, 0.3) is 0 Å². The first-order valence-electron chi connectivity index (χ1n) is 6.42. The summed E-state index contributed by atoms with van der Waals surface area (Å²) in [6.07, 6.45) is 7.94. The van der Waals surface area contributed by atoms with Crippen molar-refractivity contribution < 1.29 is 19.2 Å². The lowest BCUT2D eigenvalue weighted by Crippen LogP contribution is -2.12. The molecule has 0 radical (unpaired) electrons. The molecular weight excluding hydrogens is 256 g/mol. The lowest BCUT2D eigenvalue weighted by Gasteiger charge is -2.10. The maximum atomic E-state index is 11.7. The number of rotatable bonds is 4. The van der Waals surface area contributed by atoms with E-state index in [1.54, 1.807) is 6.92 Å². The Hall–Kier alpha value is -2.36. The fourth-order valence-corrected chi connectivity index (χ4v) is 2.12. The molecule has 0 atom stereocenters. The number of hydrogen-bond donors (Lipinski definition) is 0. The molecule has 0 aliphatic heterocycles. The van der Waals surface area contributed by atoms with Gasteiger partial charge in [0, 0.05) is 16.7 Å². The molecule has 0 saturated carbocycles. The summed E-state index contributed by atoms with van der Waals surface area (Å²) in [4.78, 5) is 45.9. The molecule has 0 aromatic rings. The molecule has 4 heteroatoms. The second-order valence-corrected chi connectivity index (χ2v) is 4.85. The highest BCUT2D eigenvalue weighted by Gasteiger charge is 2.18. The van der Waals surface area contributed by atoms with Crippen molar-refractivity contribution in [1.29, 1.82) is 0 Å². The Morgan fingerprint density at radius 1 is 0.750 bits per heavy atom. The molecule has 0 heterocycles. The minimum Gasteiger partial charge on any atom is -0.290 e. The number of hydrogen-bond acceptors (Lipinski definition) is 4. The Morgan fingerprint density at radius 2 is 1.40 bits per heavy atom. The SMILES string of the molecule is CC1=CC(=O)C(CCCC2=CC(=O)C=CC2=O)=CC1=O. The summed E-state index contributed by atoms with van der Waals surface area (Å²) < 4.78 is 0. The first-order valence-corrected chi connectivity index (χ1v) is 6.42. The maximum absolute atomic E-state index is 11.7. The summed E-state index contributed by atoms with van der Waals surface area (Å²) in [5.74, 6) is -0.658. The molecule has 0 bridgehead atoms. The van der Waals surface area contributed by atoms with Crippen molar-refractivity contribution in [3.05, 3.63) is 47.1 Å². The molecule has 102 valence electrons. The third-order valence-corrected chi connectivity index (χ3v) is 3.28. The number of ketones is 4. The summed E-state index contributed by atoms with van der Waals surface area (Å²) in [5.41, 5.74) is 1.37. The Morgan fingerprint density at radius 3 is 2.10 bits per heavy atom. The molecule has 2 rings (SSSR count). The highest BCUT2D eigenvalue weighted by atomic mass is 16.1. The number of carbonyl (C=O) groups excluding carboxylic acids is 4. The zero-order valence-electron chi connectivity index (χ0n) is 11.1. The monoisotopic (exact) mass is 270 g/mol. The van der Waals surface area contributed by atoms with Crippen molar-refractivity contribution in [1.82, 2.24) is 0 Å². The summed E-state index contributed by atoms with van der Waals surface area (Å²) in [6.45, 7) is 1.61. The summed E-state index contributed by atoms with van der Waals surface area (Å²) in [5, 5.41) is 0. The van der Waals surface area contributed by atoms with Crippen molar-refractivity contribution in [2.45, 2.75) is 26.2 Å². The lowest BCUT2D eigenvalue weighted by molar-refractivity contribution is -0.115. The van der Waals surface area contributed by atoms with E-state index in [0.717, 1.165) is 0 Å². The first kappa shape index (κ1) is 14.1. The van der Waals surface area contributed by atoms with Gasteiger partial charge in [-0.25, -0.2) is 0 Å². The quantitative estimate of drug-likeness (QED) is 0.731. The van der Waals surface area contributed by atoms with E-state index in [2.05, 4.69) is 0 Å². The predicted molar refractivity (Wildman–Crippen MR) is 72.9 cm³/mol. The van der Waals surface area contributed by atoms with Gasteiger partial charge in [0.2, 0.25) is 0 Å². The van der Waals surface area contributed by atoms with Gasteiger partial charge in [-0.15, -0.1) is 0 Å². The smallest absolute Gasteiger partial charge is 0.182 e. The first-order chi connectivity index (χ1) is 9.47. The normalized spacial score (nSPS) is 18.9. The Kier molecular flexibility index (Phi) is 4.03. The topological polar surface area (TPSA) is 68.3 Å². The van der Waals surface area contributed by atoms with Crippen molar-refractivity contribution in [3.8, 4) is 0 Å². The zero-order valence-corrected chi connectivity index (χ0v) is 11.1. The van der Waals surface area contributed by atoms with E-state index in [0.29, 0.717) is 36.0 Å². The van der Waals surface area contributed by atoms with E-state index in [4.69, 9.17) is 0 Å². The number of carbonyl (C=O) groups is 4. The predicted octanol–water partition coefficient (Wildman–Crippen LogP) is 1.82. The van der Waals surface area contributed by atoms with Crippen LogP contribution < -0.4 is 0 Å². The minimum absolute atomic E-state index is 0.148. The standard InChI is InChI=1S/C16H14O4/c1-10-7-16(20)12(9-15(10)19)4-2-3-11-8-13(17)5-6-14(11)18/h5-9H,2-4H2,1H3. The van der Waals surface area contributed by atoms with Crippen LogP contribution >= 0.6 is 0 Å². The van der Waals surface area contributed by atoms with Crippen LogP contribution in [0.1, 0.15) is 26.2 Å². The van der Waals surface area contributed by atoms with Crippen LogP contribution in [-0.2, 0) is 19.2 Å². The molecule has 0 N–H and O–H groups in total. The Balaban J connectivity index is 1.93. The van der Waals surface area contributed by atoms with Gasteiger partial charge >= 0.3 is 0 Å². The van der Waals surface area contributed by atoms with Gasteiger partial charge in [-0.3, -0.25) is 19.2 Å². The summed E-state index contributed by atoms with van der Waals surface area (Å²) >= 11 is 0. The molecule has 0 saturated heterocycles. The van der Waals surface area contributed by atoms with E-state index in [1.165, 1.54) is 30.4 Å². The van der Waals surface area contributed by atoms with Gasteiger partial charge in [0.15, 0.2) is 23.1 Å². The maximum Gasteiger partial charge on any atom is 0.182 e. The second-order valence-electron chi connectivity index (χ2n) is 4.85. The molecule has 0 fully saturated rings. The summed E-state index contributed by atoms with van der Waals surface area (Å²) in [6, 6.07) is 0.